The molecule has 0 aliphatic heterocycles. The summed E-state index contributed by atoms with van der Waals surface area (Å²) in [7, 11) is 1.60. The topological polar surface area (TPSA) is 99.0 Å². The van der Waals surface area contributed by atoms with Crippen molar-refractivity contribution in [2.45, 2.75) is 20.4 Å². The number of nitro benzene ring substituents is 1. The van der Waals surface area contributed by atoms with E-state index in [4.69, 9.17) is 9.47 Å². The van der Waals surface area contributed by atoms with E-state index in [2.05, 4.69) is 0 Å². The summed E-state index contributed by atoms with van der Waals surface area (Å²) in [6.45, 7) is 3.84. The predicted octanol–water partition coefficient (Wildman–Crippen LogP) is 3.12. The Labute approximate surface area is 162 Å². The van der Waals surface area contributed by atoms with Crippen LogP contribution in [0.25, 0.3) is 0 Å². The Morgan fingerprint density at radius 3 is 2.43 bits per heavy atom. The van der Waals surface area contributed by atoms with Gasteiger partial charge in [0.15, 0.2) is 6.61 Å². The standard InChI is InChI=1S/C20H22N2O6/c1-4-27-16-10-8-15(9-11-16)12-21(3)19(23)13-28-20(24)17-6-5-7-18(14(17)2)22(25)26/h5-11H,4,12-13H2,1-3H3. The van der Waals surface area contributed by atoms with Crippen molar-refractivity contribution in [2.24, 2.45) is 0 Å². The number of hydrogen-bond donors (Lipinski definition) is 0. The van der Waals surface area contributed by atoms with Crippen molar-refractivity contribution in [3.63, 3.8) is 0 Å². The summed E-state index contributed by atoms with van der Waals surface area (Å²) in [6, 6.07) is 11.5. The number of likely N-dealkylation sites (N-methyl/N-ethyl adjacent to an activating group) is 1. The van der Waals surface area contributed by atoms with E-state index >= 15 is 0 Å². The average molecular weight is 386 g/mol. The van der Waals surface area contributed by atoms with E-state index in [9.17, 15) is 19.7 Å². The van der Waals surface area contributed by atoms with Crippen LogP contribution in [0.4, 0.5) is 5.69 Å². The van der Waals surface area contributed by atoms with Crippen molar-refractivity contribution < 1.29 is 24.0 Å². The third-order valence-electron chi connectivity index (χ3n) is 4.13. The number of ether oxygens (including phenoxy) is 2. The van der Waals surface area contributed by atoms with Gasteiger partial charge in [0.1, 0.15) is 5.75 Å². The molecule has 0 aromatic heterocycles. The number of amides is 1. The summed E-state index contributed by atoms with van der Waals surface area (Å²) < 4.78 is 10.4. The predicted molar refractivity (Wildman–Crippen MR) is 102 cm³/mol. The lowest BCUT2D eigenvalue weighted by molar-refractivity contribution is -0.385. The number of nitrogens with zero attached hydrogens (tertiary/aromatic N) is 2. The number of carbonyl (C=O) groups is 2. The molecule has 0 saturated heterocycles. The SMILES string of the molecule is CCOc1ccc(CN(C)C(=O)COC(=O)c2cccc([N+](=O)[O-])c2C)cc1. The van der Waals surface area contributed by atoms with E-state index in [1.807, 2.05) is 31.2 Å². The lowest BCUT2D eigenvalue weighted by atomic mass is 10.1. The summed E-state index contributed by atoms with van der Waals surface area (Å²) >= 11 is 0. The van der Waals surface area contributed by atoms with Gasteiger partial charge in [-0.3, -0.25) is 14.9 Å². The molecule has 0 fully saturated rings. The maximum absolute atomic E-state index is 12.2. The summed E-state index contributed by atoms with van der Waals surface area (Å²) in [5, 5.41) is 11.0. The van der Waals surface area contributed by atoms with Crippen molar-refractivity contribution in [3.05, 3.63) is 69.3 Å². The lowest BCUT2D eigenvalue weighted by Crippen LogP contribution is -2.30. The normalized spacial score (nSPS) is 10.2. The van der Waals surface area contributed by atoms with Crippen LogP contribution in [0.5, 0.6) is 5.75 Å². The van der Waals surface area contributed by atoms with Crippen LogP contribution in [-0.2, 0) is 16.1 Å². The first-order valence-corrected chi connectivity index (χ1v) is 8.70. The number of esters is 1. The molecule has 2 rings (SSSR count). The molecule has 148 valence electrons. The summed E-state index contributed by atoms with van der Waals surface area (Å²) in [5.41, 5.74) is 0.998. The van der Waals surface area contributed by atoms with Crippen LogP contribution in [0, 0.1) is 17.0 Å². The quantitative estimate of drug-likeness (QED) is 0.393. The molecule has 0 bridgehead atoms. The molecule has 2 aromatic rings. The largest absolute Gasteiger partial charge is 0.494 e. The van der Waals surface area contributed by atoms with Crippen LogP contribution in [0.2, 0.25) is 0 Å². The van der Waals surface area contributed by atoms with Crippen molar-refractivity contribution >= 4 is 17.6 Å². The first-order valence-electron chi connectivity index (χ1n) is 8.70. The lowest BCUT2D eigenvalue weighted by Gasteiger charge is -2.17. The average Bonchev–Trinajstić information content (AvgIpc) is 2.67. The van der Waals surface area contributed by atoms with Crippen LogP contribution < -0.4 is 4.74 Å². The second-order valence-electron chi connectivity index (χ2n) is 6.11. The van der Waals surface area contributed by atoms with Gasteiger partial charge in [0.25, 0.3) is 11.6 Å². The molecule has 0 heterocycles. The van der Waals surface area contributed by atoms with Gasteiger partial charge in [-0.25, -0.2) is 4.79 Å². The Hall–Kier alpha value is -3.42. The van der Waals surface area contributed by atoms with E-state index < -0.39 is 17.5 Å². The van der Waals surface area contributed by atoms with Gasteiger partial charge in [-0.05, 0) is 37.6 Å². The van der Waals surface area contributed by atoms with Gasteiger partial charge in [-0.2, -0.15) is 0 Å². The van der Waals surface area contributed by atoms with E-state index in [1.54, 1.807) is 7.05 Å². The highest BCUT2D eigenvalue weighted by atomic mass is 16.6. The van der Waals surface area contributed by atoms with Gasteiger partial charge >= 0.3 is 5.97 Å². The molecule has 0 aliphatic carbocycles. The van der Waals surface area contributed by atoms with Crippen molar-refractivity contribution in [1.29, 1.82) is 0 Å². The van der Waals surface area contributed by atoms with Crippen molar-refractivity contribution in [1.82, 2.24) is 4.90 Å². The minimum atomic E-state index is -0.774. The van der Waals surface area contributed by atoms with Gasteiger partial charge in [0.05, 0.1) is 17.1 Å². The fourth-order valence-electron chi connectivity index (χ4n) is 2.58. The number of carbonyl (C=O) groups excluding carboxylic acids is 2. The Balaban J connectivity index is 1.93. The molecule has 0 N–H and O–H groups in total. The van der Waals surface area contributed by atoms with E-state index in [1.165, 1.54) is 30.0 Å². The minimum Gasteiger partial charge on any atom is -0.494 e. The van der Waals surface area contributed by atoms with Gasteiger partial charge < -0.3 is 14.4 Å². The third kappa shape index (κ3) is 5.29. The molecule has 1 amide bonds. The number of rotatable bonds is 8. The highest BCUT2D eigenvalue weighted by molar-refractivity contribution is 5.93. The molecule has 0 saturated carbocycles. The van der Waals surface area contributed by atoms with Crippen LogP contribution in [0.15, 0.2) is 42.5 Å². The summed E-state index contributed by atoms with van der Waals surface area (Å²) in [4.78, 5) is 36.3. The zero-order valence-electron chi connectivity index (χ0n) is 16.0. The Morgan fingerprint density at radius 1 is 1.14 bits per heavy atom. The Bertz CT molecular complexity index is 863. The first-order chi connectivity index (χ1) is 13.3. The molecule has 0 aliphatic rings. The monoisotopic (exact) mass is 386 g/mol. The van der Waals surface area contributed by atoms with Crippen LogP contribution in [-0.4, -0.2) is 42.0 Å². The molecule has 8 heteroatoms. The molecule has 8 nitrogen and oxygen atoms in total. The molecular formula is C20H22N2O6. The molecule has 0 spiro atoms. The fraction of sp³-hybridized carbons (Fsp3) is 0.300. The summed E-state index contributed by atoms with van der Waals surface area (Å²) in [5.74, 6) is -0.407. The van der Waals surface area contributed by atoms with Crippen molar-refractivity contribution in [3.8, 4) is 5.75 Å². The number of benzene rings is 2. The van der Waals surface area contributed by atoms with Crippen molar-refractivity contribution in [2.75, 3.05) is 20.3 Å². The minimum absolute atomic E-state index is 0.0659. The first kappa shape index (κ1) is 20.9. The number of nitro groups is 1. The maximum atomic E-state index is 12.2. The van der Waals surface area contributed by atoms with Gasteiger partial charge in [-0.15, -0.1) is 0 Å². The zero-order valence-corrected chi connectivity index (χ0v) is 16.0. The molecule has 28 heavy (non-hydrogen) atoms. The molecule has 2 aromatic carbocycles. The van der Waals surface area contributed by atoms with Crippen LogP contribution in [0.1, 0.15) is 28.4 Å². The highest BCUT2D eigenvalue weighted by Gasteiger charge is 2.20. The second-order valence-corrected chi connectivity index (χ2v) is 6.11. The molecular weight excluding hydrogens is 364 g/mol. The summed E-state index contributed by atoms with van der Waals surface area (Å²) in [6.07, 6.45) is 0. The van der Waals surface area contributed by atoms with E-state index in [-0.39, 0.29) is 22.7 Å². The van der Waals surface area contributed by atoms with Gasteiger partial charge in [0.2, 0.25) is 0 Å². The van der Waals surface area contributed by atoms with E-state index in [0.717, 1.165) is 11.3 Å². The molecule has 0 radical (unpaired) electrons. The zero-order chi connectivity index (χ0) is 20.7. The molecule has 0 unspecified atom stereocenters. The Morgan fingerprint density at radius 2 is 1.82 bits per heavy atom. The van der Waals surface area contributed by atoms with E-state index in [0.29, 0.717) is 13.2 Å². The van der Waals surface area contributed by atoms with Gasteiger partial charge in [-0.1, -0.05) is 18.2 Å². The smallest absolute Gasteiger partial charge is 0.339 e. The molecule has 0 atom stereocenters. The second kappa shape index (κ2) is 9.50. The third-order valence-corrected chi connectivity index (χ3v) is 4.13. The van der Waals surface area contributed by atoms with Crippen LogP contribution >= 0.6 is 0 Å². The number of hydrogen-bond acceptors (Lipinski definition) is 6. The fourth-order valence-corrected chi connectivity index (χ4v) is 2.58. The van der Waals surface area contributed by atoms with Crippen LogP contribution in [0.3, 0.4) is 0 Å². The maximum Gasteiger partial charge on any atom is 0.339 e. The Kier molecular flexibility index (Phi) is 7.08. The highest BCUT2D eigenvalue weighted by Crippen LogP contribution is 2.21. The van der Waals surface area contributed by atoms with Gasteiger partial charge in [0, 0.05) is 25.2 Å².